The van der Waals surface area contributed by atoms with E-state index < -0.39 is 12.1 Å². The van der Waals surface area contributed by atoms with Gasteiger partial charge in [-0.1, -0.05) is 0 Å². The molecule has 1 N–H and O–H groups in total. The van der Waals surface area contributed by atoms with Crippen molar-refractivity contribution in [1.82, 2.24) is 0 Å². The molecule has 1 aromatic rings. The lowest BCUT2D eigenvalue weighted by atomic mass is 10.2. The summed E-state index contributed by atoms with van der Waals surface area (Å²) >= 11 is 1.37. The molecule has 5 nitrogen and oxygen atoms in total. The first-order valence-electron chi connectivity index (χ1n) is 6.71. The second kappa shape index (κ2) is 6.37. The van der Waals surface area contributed by atoms with Gasteiger partial charge in [-0.15, -0.1) is 11.3 Å². The number of nitrogens with one attached hydrogen (secondary N) is 1. The van der Waals surface area contributed by atoms with Gasteiger partial charge in [-0.25, -0.2) is 4.79 Å². The summed E-state index contributed by atoms with van der Waals surface area (Å²) in [6.45, 7) is 6.09. The van der Waals surface area contributed by atoms with E-state index in [1.54, 1.807) is 19.9 Å². The largest absolute Gasteiger partial charge is 0.459 e. The van der Waals surface area contributed by atoms with Gasteiger partial charge in [0, 0.05) is 11.5 Å². The van der Waals surface area contributed by atoms with Gasteiger partial charge < -0.3 is 14.8 Å². The number of aryl methyl sites for hydroxylation is 1. The van der Waals surface area contributed by atoms with Gasteiger partial charge in [-0.3, -0.25) is 4.79 Å². The fourth-order valence-corrected chi connectivity index (χ4v) is 2.92. The monoisotopic (exact) mass is 297 g/mol. The summed E-state index contributed by atoms with van der Waals surface area (Å²) in [7, 11) is 0. The highest BCUT2D eigenvalue weighted by Crippen LogP contribution is 2.29. The van der Waals surface area contributed by atoms with E-state index in [4.69, 9.17) is 9.47 Å². The number of anilines is 1. The van der Waals surface area contributed by atoms with Gasteiger partial charge in [0.1, 0.15) is 11.1 Å². The molecule has 1 aromatic heterocycles. The van der Waals surface area contributed by atoms with Crippen LogP contribution in [0.3, 0.4) is 0 Å². The minimum Gasteiger partial charge on any atom is -0.459 e. The van der Waals surface area contributed by atoms with Gasteiger partial charge in [-0.05, 0) is 39.7 Å². The zero-order valence-electron chi connectivity index (χ0n) is 11.9. The molecule has 1 atom stereocenters. The third-order valence-electron chi connectivity index (χ3n) is 2.88. The molecule has 110 valence electrons. The molecule has 0 saturated carbocycles. The molecule has 20 heavy (non-hydrogen) atoms. The fraction of sp³-hybridized carbons (Fsp3) is 0.571. The number of amides is 1. The average Bonchev–Trinajstić information content (AvgIpc) is 2.97. The molecule has 0 bridgehead atoms. The Labute approximate surface area is 122 Å². The maximum atomic E-state index is 12.0. The van der Waals surface area contributed by atoms with Crippen LogP contribution in [0.15, 0.2) is 6.07 Å². The molecule has 0 unspecified atom stereocenters. The molecule has 1 aliphatic heterocycles. The fourth-order valence-electron chi connectivity index (χ4n) is 2.01. The molecule has 2 rings (SSSR count). The summed E-state index contributed by atoms with van der Waals surface area (Å²) in [5.41, 5.74) is 0.410. The van der Waals surface area contributed by atoms with Gasteiger partial charge >= 0.3 is 5.97 Å². The van der Waals surface area contributed by atoms with Crippen molar-refractivity contribution < 1.29 is 19.1 Å². The van der Waals surface area contributed by atoms with E-state index in [1.807, 2.05) is 6.92 Å². The number of hydrogen-bond donors (Lipinski definition) is 1. The Morgan fingerprint density at radius 1 is 1.50 bits per heavy atom. The number of carbonyl (C=O) groups is 2. The zero-order valence-corrected chi connectivity index (χ0v) is 12.7. The third-order valence-corrected chi connectivity index (χ3v) is 3.84. The first-order valence-corrected chi connectivity index (χ1v) is 7.53. The van der Waals surface area contributed by atoms with Crippen LogP contribution in [0.2, 0.25) is 0 Å². The Morgan fingerprint density at radius 2 is 2.25 bits per heavy atom. The van der Waals surface area contributed by atoms with Crippen LogP contribution in [0.5, 0.6) is 0 Å². The molecule has 0 aliphatic carbocycles. The minimum atomic E-state index is -0.411. The second-order valence-electron chi connectivity index (χ2n) is 5.04. The van der Waals surface area contributed by atoms with E-state index in [0.29, 0.717) is 17.2 Å². The highest BCUT2D eigenvalue weighted by molar-refractivity contribution is 7.16. The summed E-state index contributed by atoms with van der Waals surface area (Å²) in [6, 6.07) is 1.74. The summed E-state index contributed by atoms with van der Waals surface area (Å²) < 4.78 is 10.5. The van der Waals surface area contributed by atoms with Crippen molar-refractivity contribution in [2.45, 2.75) is 45.8 Å². The molecule has 1 aliphatic rings. The smallest absolute Gasteiger partial charge is 0.341 e. The van der Waals surface area contributed by atoms with Crippen molar-refractivity contribution in [3.8, 4) is 0 Å². The van der Waals surface area contributed by atoms with E-state index in [9.17, 15) is 9.59 Å². The van der Waals surface area contributed by atoms with E-state index >= 15 is 0 Å². The van der Waals surface area contributed by atoms with Crippen molar-refractivity contribution in [3.05, 3.63) is 16.5 Å². The SMILES string of the molecule is Cc1cc(C(=O)OC(C)C)c(NC(=O)[C@H]2CCCO2)s1. The highest BCUT2D eigenvalue weighted by Gasteiger charge is 2.26. The maximum Gasteiger partial charge on any atom is 0.341 e. The van der Waals surface area contributed by atoms with Crippen molar-refractivity contribution in [1.29, 1.82) is 0 Å². The highest BCUT2D eigenvalue weighted by atomic mass is 32.1. The Kier molecular flexibility index (Phi) is 4.77. The number of rotatable bonds is 4. The molecule has 1 fully saturated rings. The first-order chi connectivity index (χ1) is 9.47. The molecule has 0 aromatic carbocycles. The molecule has 1 saturated heterocycles. The quantitative estimate of drug-likeness (QED) is 0.868. The van der Waals surface area contributed by atoms with Gasteiger partial charge in [0.25, 0.3) is 5.91 Å². The van der Waals surface area contributed by atoms with E-state index in [-0.39, 0.29) is 12.0 Å². The van der Waals surface area contributed by atoms with Crippen LogP contribution in [-0.2, 0) is 14.3 Å². The van der Waals surface area contributed by atoms with Crippen molar-refractivity contribution >= 4 is 28.2 Å². The Morgan fingerprint density at radius 3 is 2.85 bits per heavy atom. The van der Waals surface area contributed by atoms with Gasteiger partial charge in [0.2, 0.25) is 0 Å². The number of ether oxygens (including phenoxy) is 2. The van der Waals surface area contributed by atoms with E-state index in [1.165, 1.54) is 11.3 Å². The summed E-state index contributed by atoms with van der Waals surface area (Å²) in [6.07, 6.45) is 1.02. The van der Waals surface area contributed by atoms with Crippen LogP contribution in [-0.4, -0.2) is 30.7 Å². The van der Waals surface area contributed by atoms with Crippen LogP contribution in [0.4, 0.5) is 5.00 Å². The van der Waals surface area contributed by atoms with Gasteiger partial charge in [0.15, 0.2) is 0 Å². The van der Waals surface area contributed by atoms with E-state index in [2.05, 4.69) is 5.32 Å². The van der Waals surface area contributed by atoms with E-state index in [0.717, 1.165) is 17.7 Å². The Balaban J connectivity index is 2.10. The number of hydrogen-bond acceptors (Lipinski definition) is 5. The molecular formula is C14H19NO4S. The van der Waals surface area contributed by atoms with Crippen molar-refractivity contribution in [2.75, 3.05) is 11.9 Å². The number of thiophene rings is 1. The minimum absolute atomic E-state index is 0.190. The van der Waals surface area contributed by atoms with Crippen LogP contribution in [0, 0.1) is 6.92 Å². The molecular weight excluding hydrogens is 278 g/mol. The molecule has 6 heteroatoms. The lowest BCUT2D eigenvalue weighted by Crippen LogP contribution is -2.27. The Hall–Kier alpha value is -1.40. The predicted octanol–water partition coefficient (Wildman–Crippen LogP) is 2.74. The standard InChI is InChI=1S/C14H19NO4S/c1-8(2)19-14(17)10-7-9(3)20-13(10)15-12(16)11-5-4-6-18-11/h7-8,11H,4-6H2,1-3H3,(H,15,16)/t11-/m1/s1. The normalized spacial score (nSPS) is 18.3. The topological polar surface area (TPSA) is 64.6 Å². The molecule has 1 amide bonds. The van der Waals surface area contributed by atoms with Crippen LogP contribution in [0.25, 0.3) is 0 Å². The summed E-state index contributed by atoms with van der Waals surface area (Å²) in [4.78, 5) is 25.0. The predicted molar refractivity (Wildman–Crippen MR) is 77.2 cm³/mol. The van der Waals surface area contributed by atoms with Crippen molar-refractivity contribution in [3.63, 3.8) is 0 Å². The maximum absolute atomic E-state index is 12.0. The lowest BCUT2D eigenvalue weighted by molar-refractivity contribution is -0.124. The second-order valence-corrected chi connectivity index (χ2v) is 6.30. The Bertz CT molecular complexity index is 503. The molecule has 2 heterocycles. The average molecular weight is 297 g/mol. The summed E-state index contributed by atoms with van der Waals surface area (Å²) in [5.74, 6) is -0.602. The zero-order chi connectivity index (χ0) is 14.7. The number of esters is 1. The van der Waals surface area contributed by atoms with Gasteiger partial charge in [0.05, 0.1) is 11.7 Å². The van der Waals surface area contributed by atoms with Crippen LogP contribution in [0.1, 0.15) is 41.9 Å². The van der Waals surface area contributed by atoms with Crippen molar-refractivity contribution in [2.24, 2.45) is 0 Å². The molecule has 0 radical (unpaired) electrons. The van der Waals surface area contributed by atoms with Gasteiger partial charge in [-0.2, -0.15) is 0 Å². The lowest BCUT2D eigenvalue weighted by Gasteiger charge is -2.11. The van der Waals surface area contributed by atoms with Crippen LogP contribution >= 0.6 is 11.3 Å². The third kappa shape index (κ3) is 3.58. The van der Waals surface area contributed by atoms with Crippen LogP contribution < -0.4 is 5.32 Å². The number of carbonyl (C=O) groups excluding carboxylic acids is 2. The molecule has 0 spiro atoms. The summed E-state index contributed by atoms with van der Waals surface area (Å²) in [5, 5.41) is 3.32. The first kappa shape index (κ1) is 15.0.